The number of aryl methyl sites for hydroxylation is 2. The number of hydrogen-bond donors (Lipinski definition) is 0. The highest BCUT2D eigenvalue weighted by molar-refractivity contribution is 5.85. The largest absolute Gasteiger partial charge is 0.478 e. The number of rotatable bonds is 5. The fourth-order valence-electron chi connectivity index (χ4n) is 2.31. The van der Waals surface area contributed by atoms with E-state index >= 15 is 0 Å². The lowest BCUT2D eigenvalue weighted by Gasteiger charge is -2.18. The summed E-state index contributed by atoms with van der Waals surface area (Å²) in [4.78, 5) is 23.4. The molecule has 0 saturated heterocycles. The Morgan fingerprint density at radius 3 is 2.64 bits per heavy atom. The predicted octanol–water partition coefficient (Wildman–Crippen LogP) is 3.13. The molecule has 1 aromatic heterocycles. The van der Waals surface area contributed by atoms with E-state index in [1.54, 1.807) is 19.9 Å². The molecule has 0 fully saturated rings. The van der Waals surface area contributed by atoms with Crippen molar-refractivity contribution >= 4 is 16.9 Å². The van der Waals surface area contributed by atoms with Gasteiger partial charge in [-0.1, -0.05) is 6.92 Å². The van der Waals surface area contributed by atoms with E-state index in [9.17, 15) is 9.59 Å². The summed E-state index contributed by atoms with van der Waals surface area (Å²) >= 11 is 0. The molecular formula is C17H20O5. The Morgan fingerprint density at radius 1 is 1.27 bits per heavy atom. The van der Waals surface area contributed by atoms with Crippen molar-refractivity contribution in [2.75, 3.05) is 6.61 Å². The zero-order valence-electron chi connectivity index (χ0n) is 13.3. The summed E-state index contributed by atoms with van der Waals surface area (Å²) < 4.78 is 16.0. The summed E-state index contributed by atoms with van der Waals surface area (Å²) in [6, 6.07) is 5.07. The minimum absolute atomic E-state index is 0.309. The Bertz CT molecular complexity index is 745. The summed E-state index contributed by atoms with van der Waals surface area (Å²) in [6.07, 6.45) is -0.179. The number of ether oxygens (including phenoxy) is 2. The topological polar surface area (TPSA) is 65.7 Å². The molecule has 0 unspecified atom stereocenters. The maximum Gasteiger partial charge on any atom is 0.347 e. The Kier molecular flexibility index (Phi) is 4.85. The average Bonchev–Trinajstić information content (AvgIpc) is 2.47. The van der Waals surface area contributed by atoms with E-state index in [1.807, 2.05) is 19.9 Å². The van der Waals surface area contributed by atoms with Crippen molar-refractivity contribution in [1.29, 1.82) is 0 Å². The van der Waals surface area contributed by atoms with Crippen LogP contribution in [0.15, 0.2) is 27.4 Å². The second-order valence-electron chi connectivity index (χ2n) is 5.08. The van der Waals surface area contributed by atoms with Gasteiger partial charge < -0.3 is 13.9 Å². The van der Waals surface area contributed by atoms with Crippen molar-refractivity contribution in [2.45, 2.75) is 40.2 Å². The van der Waals surface area contributed by atoms with Gasteiger partial charge in [0.05, 0.1) is 6.61 Å². The van der Waals surface area contributed by atoms with E-state index in [4.69, 9.17) is 13.9 Å². The van der Waals surface area contributed by atoms with Crippen LogP contribution in [-0.2, 0) is 9.53 Å². The third-order valence-corrected chi connectivity index (χ3v) is 3.51. The number of fused-ring (bicyclic) bond motifs is 1. The molecule has 2 aromatic rings. The lowest BCUT2D eigenvalue weighted by atomic mass is 10.1. The van der Waals surface area contributed by atoms with Crippen LogP contribution < -0.4 is 10.4 Å². The van der Waals surface area contributed by atoms with Gasteiger partial charge in [-0.2, -0.15) is 0 Å². The Labute approximate surface area is 128 Å². The first kappa shape index (κ1) is 16.1. The summed E-state index contributed by atoms with van der Waals surface area (Å²) in [7, 11) is 0. The number of carbonyl (C=O) groups excluding carboxylic acids is 1. The van der Waals surface area contributed by atoms with Crippen LogP contribution in [0.3, 0.4) is 0 Å². The highest BCUT2D eigenvalue weighted by atomic mass is 16.6. The van der Waals surface area contributed by atoms with Crippen molar-refractivity contribution in [3.8, 4) is 5.75 Å². The lowest BCUT2D eigenvalue weighted by Crippen LogP contribution is -2.29. The summed E-state index contributed by atoms with van der Waals surface area (Å²) in [5.74, 6) is 0.122. The van der Waals surface area contributed by atoms with Gasteiger partial charge in [-0.05, 0) is 44.9 Å². The molecule has 0 N–H and O–H groups in total. The monoisotopic (exact) mass is 304 g/mol. The minimum atomic E-state index is -0.673. The van der Waals surface area contributed by atoms with Gasteiger partial charge in [0, 0.05) is 17.0 Å². The summed E-state index contributed by atoms with van der Waals surface area (Å²) in [5.41, 5.74) is 1.63. The predicted molar refractivity (Wildman–Crippen MR) is 83.3 cm³/mol. The maximum atomic E-state index is 11.8. The van der Waals surface area contributed by atoms with E-state index < -0.39 is 17.7 Å². The van der Waals surface area contributed by atoms with Gasteiger partial charge in [0.15, 0.2) is 6.10 Å². The van der Waals surface area contributed by atoms with Crippen molar-refractivity contribution in [3.05, 3.63) is 39.7 Å². The van der Waals surface area contributed by atoms with Crippen LogP contribution in [-0.4, -0.2) is 18.7 Å². The van der Waals surface area contributed by atoms with E-state index in [0.29, 0.717) is 29.9 Å². The smallest absolute Gasteiger partial charge is 0.347 e. The fourth-order valence-corrected chi connectivity index (χ4v) is 2.31. The van der Waals surface area contributed by atoms with Crippen LogP contribution in [0.5, 0.6) is 5.75 Å². The molecular weight excluding hydrogens is 284 g/mol. The van der Waals surface area contributed by atoms with Crippen molar-refractivity contribution in [3.63, 3.8) is 0 Å². The van der Waals surface area contributed by atoms with Crippen LogP contribution >= 0.6 is 0 Å². The standard InChI is InChI=1S/C17H20O5/c1-5-13(17(19)20-6-2)21-14-8-7-12-10(3)9-15(18)22-16(12)11(14)4/h7-9,13H,5-6H2,1-4H3/t13-/m0/s1. The Balaban J connectivity index is 2.42. The van der Waals surface area contributed by atoms with Gasteiger partial charge >= 0.3 is 11.6 Å². The van der Waals surface area contributed by atoms with Gasteiger partial charge in [0.2, 0.25) is 0 Å². The average molecular weight is 304 g/mol. The van der Waals surface area contributed by atoms with Gasteiger partial charge in [-0.15, -0.1) is 0 Å². The first-order valence-electron chi connectivity index (χ1n) is 7.35. The summed E-state index contributed by atoms with van der Waals surface area (Å²) in [5, 5.41) is 0.855. The molecule has 5 heteroatoms. The molecule has 0 aliphatic rings. The van der Waals surface area contributed by atoms with Gasteiger partial charge in [-0.3, -0.25) is 0 Å². The Hall–Kier alpha value is -2.30. The van der Waals surface area contributed by atoms with E-state index in [2.05, 4.69) is 0 Å². The van der Waals surface area contributed by atoms with Crippen molar-refractivity contribution in [2.24, 2.45) is 0 Å². The molecule has 118 valence electrons. The van der Waals surface area contributed by atoms with Gasteiger partial charge in [-0.25, -0.2) is 9.59 Å². The SMILES string of the molecule is CCOC(=O)[C@H](CC)Oc1ccc2c(C)cc(=O)oc2c1C. The zero-order chi connectivity index (χ0) is 16.3. The number of esters is 1. The molecule has 0 amide bonds. The molecule has 0 radical (unpaired) electrons. The molecule has 1 heterocycles. The molecule has 0 aliphatic carbocycles. The normalized spacial score (nSPS) is 12.2. The molecule has 2 rings (SSSR count). The van der Waals surface area contributed by atoms with E-state index in [0.717, 1.165) is 10.9 Å². The van der Waals surface area contributed by atoms with Crippen LogP contribution in [0.25, 0.3) is 11.0 Å². The Morgan fingerprint density at radius 2 is 2.00 bits per heavy atom. The second-order valence-corrected chi connectivity index (χ2v) is 5.08. The molecule has 1 aromatic carbocycles. The number of benzene rings is 1. The highest BCUT2D eigenvalue weighted by Gasteiger charge is 2.21. The van der Waals surface area contributed by atoms with Crippen molar-refractivity contribution in [1.82, 2.24) is 0 Å². The first-order valence-corrected chi connectivity index (χ1v) is 7.35. The van der Waals surface area contributed by atoms with E-state index in [1.165, 1.54) is 6.07 Å². The van der Waals surface area contributed by atoms with E-state index in [-0.39, 0.29) is 0 Å². The van der Waals surface area contributed by atoms with Crippen molar-refractivity contribution < 1.29 is 18.7 Å². The second kappa shape index (κ2) is 6.64. The summed E-state index contributed by atoms with van der Waals surface area (Å²) in [6.45, 7) is 7.57. The molecule has 0 spiro atoms. The number of hydrogen-bond acceptors (Lipinski definition) is 5. The quantitative estimate of drug-likeness (QED) is 0.627. The minimum Gasteiger partial charge on any atom is -0.478 e. The van der Waals surface area contributed by atoms with Crippen LogP contribution in [0.1, 0.15) is 31.4 Å². The molecule has 0 bridgehead atoms. The fraction of sp³-hybridized carbons (Fsp3) is 0.412. The third kappa shape index (κ3) is 3.13. The number of carbonyl (C=O) groups is 1. The molecule has 0 aliphatic heterocycles. The molecule has 1 atom stereocenters. The molecule has 5 nitrogen and oxygen atoms in total. The molecule has 0 saturated carbocycles. The zero-order valence-corrected chi connectivity index (χ0v) is 13.3. The van der Waals surface area contributed by atoms with Crippen LogP contribution in [0, 0.1) is 13.8 Å². The third-order valence-electron chi connectivity index (χ3n) is 3.51. The van der Waals surface area contributed by atoms with Crippen LogP contribution in [0.2, 0.25) is 0 Å². The van der Waals surface area contributed by atoms with Crippen LogP contribution in [0.4, 0.5) is 0 Å². The lowest BCUT2D eigenvalue weighted by molar-refractivity contribution is -0.151. The first-order chi connectivity index (χ1) is 10.5. The maximum absolute atomic E-state index is 11.8. The highest BCUT2D eigenvalue weighted by Crippen LogP contribution is 2.29. The van der Waals surface area contributed by atoms with Gasteiger partial charge in [0.25, 0.3) is 0 Å². The molecule has 22 heavy (non-hydrogen) atoms. The van der Waals surface area contributed by atoms with Gasteiger partial charge in [0.1, 0.15) is 11.3 Å².